The molecule has 1 aliphatic carbocycles. The number of nitrogens with one attached hydrogen (secondary N) is 1. The summed E-state index contributed by atoms with van der Waals surface area (Å²) in [5, 5.41) is 2.77. The number of carbonyl (C=O) groups excluding carboxylic acids is 2. The molecule has 1 atom stereocenters. The summed E-state index contributed by atoms with van der Waals surface area (Å²) in [5.74, 6) is -0.371. The SMILES string of the molecule is CNC(=O)C(C1CC1)N(CC(c1ccccc1)c1ccccc1)C(=O)c1cc(C)c(=O)n(C)c1. The van der Waals surface area contributed by atoms with E-state index in [1.165, 1.54) is 4.57 Å². The van der Waals surface area contributed by atoms with E-state index in [0.717, 1.165) is 24.0 Å². The van der Waals surface area contributed by atoms with Crippen molar-refractivity contribution in [2.45, 2.75) is 31.7 Å². The number of rotatable bonds is 8. The average Bonchev–Trinajstić information content (AvgIpc) is 3.70. The number of hydrogen-bond acceptors (Lipinski definition) is 3. The van der Waals surface area contributed by atoms with Crippen LogP contribution in [0.1, 0.15) is 45.8 Å². The Morgan fingerprint density at radius 3 is 2.06 bits per heavy atom. The molecule has 4 rings (SSSR count). The standard InChI is InChI=1S/C28H31N3O3/c1-19-16-23(17-30(3)27(19)33)28(34)31(25(22-14-15-22)26(32)29-2)18-24(20-10-6-4-7-11-20)21-12-8-5-9-13-21/h4-13,16-17,22,24-25H,14-15,18H2,1-3H3,(H,29,32). The summed E-state index contributed by atoms with van der Waals surface area (Å²) in [5.41, 5.74) is 2.93. The molecular formula is C28H31N3O3. The Morgan fingerprint density at radius 1 is 1.03 bits per heavy atom. The number of hydrogen-bond donors (Lipinski definition) is 1. The smallest absolute Gasteiger partial charge is 0.256 e. The molecule has 0 aliphatic heterocycles. The number of nitrogens with zero attached hydrogens (tertiary/aromatic N) is 2. The van der Waals surface area contributed by atoms with Crippen molar-refractivity contribution in [2.75, 3.05) is 13.6 Å². The zero-order valence-electron chi connectivity index (χ0n) is 19.9. The third-order valence-corrected chi connectivity index (χ3v) is 6.57. The number of likely N-dealkylation sites (N-methyl/N-ethyl adjacent to an activating group) is 1. The number of aryl methyl sites for hydroxylation is 2. The van der Waals surface area contributed by atoms with E-state index in [1.807, 2.05) is 36.4 Å². The molecule has 6 heteroatoms. The Bertz CT molecular complexity index is 1150. The summed E-state index contributed by atoms with van der Waals surface area (Å²) >= 11 is 0. The van der Waals surface area contributed by atoms with E-state index in [2.05, 4.69) is 29.6 Å². The van der Waals surface area contributed by atoms with E-state index in [4.69, 9.17) is 0 Å². The van der Waals surface area contributed by atoms with Crippen LogP contribution in [0.4, 0.5) is 0 Å². The first-order valence-corrected chi connectivity index (χ1v) is 11.7. The fraction of sp³-hybridized carbons (Fsp3) is 0.321. The lowest BCUT2D eigenvalue weighted by molar-refractivity contribution is -0.125. The molecule has 34 heavy (non-hydrogen) atoms. The highest BCUT2D eigenvalue weighted by Gasteiger charge is 2.43. The molecule has 0 radical (unpaired) electrons. The van der Waals surface area contributed by atoms with Gasteiger partial charge in [0.25, 0.3) is 11.5 Å². The molecule has 3 aromatic rings. The summed E-state index contributed by atoms with van der Waals surface area (Å²) in [6, 6.07) is 21.2. The molecule has 0 saturated heterocycles. The number of aromatic nitrogens is 1. The van der Waals surface area contributed by atoms with Gasteiger partial charge in [-0.1, -0.05) is 60.7 Å². The van der Waals surface area contributed by atoms with Crippen LogP contribution in [0.15, 0.2) is 77.7 Å². The van der Waals surface area contributed by atoms with Gasteiger partial charge in [0.05, 0.1) is 5.56 Å². The van der Waals surface area contributed by atoms with E-state index in [9.17, 15) is 14.4 Å². The van der Waals surface area contributed by atoms with Gasteiger partial charge >= 0.3 is 0 Å². The van der Waals surface area contributed by atoms with E-state index in [1.54, 1.807) is 38.2 Å². The van der Waals surface area contributed by atoms with Gasteiger partial charge in [0, 0.05) is 38.3 Å². The molecule has 1 unspecified atom stereocenters. The zero-order valence-corrected chi connectivity index (χ0v) is 19.9. The minimum absolute atomic E-state index is 0.106. The lowest BCUT2D eigenvalue weighted by atomic mass is 9.89. The van der Waals surface area contributed by atoms with Crippen LogP contribution in [0.5, 0.6) is 0 Å². The Morgan fingerprint density at radius 2 is 1.59 bits per heavy atom. The molecule has 2 aromatic carbocycles. The van der Waals surface area contributed by atoms with Crippen LogP contribution in [0, 0.1) is 12.8 Å². The van der Waals surface area contributed by atoms with Gasteiger partial charge in [-0.3, -0.25) is 14.4 Å². The van der Waals surface area contributed by atoms with Crippen molar-refractivity contribution < 1.29 is 9.59 Å². The number of benzene rings is 2. The van der Waals surface area contributed by atoms with Gasteiger partial charge in [0.1, 0.15) is 6.04 Å². The Kier molecular flexibility index (Phi) is 6.96. The quantitative estimate of drug-likeness (QED) is 0.563. The highest BCUT2D eigenvalue weighted by Crippen LogP contribution is 2.38. The second kappa shape index (κ2) is 10.1. The molecule has 1 heterocycles. The van der Waals surface area contributed by atoms with Crippen LogP contribution in [-0.4, -0.2) is 40.9 Å². The monoisotopic (exact) mass is 457 g/mol. The van der Waals surface area contributed by atoms with E-state index in [0.29, 0.717) is 17.7 Å². The third-order valence-electron chi connectivity index (χ3n) is 6.57. The molecule has 1 aromatic heterocycles. The second-order valence-electron chi connectivity index (χ2n) is 9.06. The molecular weight excluding hydrogens is 426 g/mol. The Balaban J connectivity index is 1.80. The van der Waals surface area contributed by atoms with E-state index >= 15 is 0 Å². The maximum absolute atomic E-state index is 14.0. The largest absolute Gasteiger partial charge is 0.357 e. The number of pyridine rings is 1. The van der Waals surface area contributed by atoms with Crippen LogP contribution < -0.4 is 10.9 Å². The summed E-state index contributed by atoms with van der Waals surface area (Å²) < 4.78 is 1.43. The van der Waals surface area contributed by atoms with Crippen LogP contribution in [0.25, 0.3) is 0 Å². The molecule has 6 nitrogen and oxygen atoms in total. The van der Waals surface area contributed by atoms with Crippen molar-refractivity contribution in [2.24, 2.45) is 13.0 Å². The van der Waals surface area contributed by atoms with Crippen molar-refractivity contribution in [1.29, 1.82) is 0 Å². The first-order chi connectivity index (χ1) is 16.4. The van der Waals surface area contributed by atoms with Gasteiger partial charge in [-0.15, -0.1) is 0 Å². The predicted molar refractivity (Wildman–Crippen MR) is 133 cm³/mol. The fourth-order valence-corrected chi connectivity index (χ4v) is 4.62. The first kappa shape index (κ1) is 23.5. The third kappa shape index (κ3) is 4.96. The number of amides is 2. The molecule has 1 saturated carbocycles. The van der Waals surface area contributed by atoms with Crippen LogP contribution in [-0.2, 0) is 11.8 Å². The molecule has 1 fully saturated rings. The minimum atomic E-state index is -0.565. The summed E-state index contributed by atoms with van der Waals surface area (Å²) in [7, 11) is 3.26. The van der Waals surface area contributed by atoms with E-state index in [-0.39, 0.29) is 29.2 Å². The molecule has 1 N–H and O–H groups in total. The van der Waals surface area contributed by atoms with Gasteiger partial charge in [-0.25, -0.2) is 0 Å². The Labute approximate surface area is 200 Å². The van der Waals surface area contributed by atoms with Crippen molar-refractivity contribution in [3.05, 3.63) is 106 Å². The average molecular weight is 458 g/mol. The molecule has 0 bridgehead atoms. The highest BCUT2D eigenvalue weighted by atomic mass is 16.2. The minimum Gasteiger partial charge on any atom is -0.357 e. The maximum atomic E-state index is 14.0. The summed E-state index contributed by atoms with van der Waals surface area (Å²) in [6.07, 6.45) is 3.39. The van der Waals surface area contributed by atoms with Gasteiger partial charge in [0.2, 0.25) is 5.91 Å². The van der Waals surface area contributed by atoms with Crippen LogP contribution in [0.3, 0.4) is 0 Å². The zero-order chi connectivity index (χ0) is 24.2. The van der Waals surface area contributed by atoms with E-state index < -0.39 is 6.04 Å². The first-order valence-electron chi connectivity index (χ1n) is 11.7. The Hall–Kier alpha value is -3.67. The van der Waals surface area contributed by atoms with Crippen molar-refractivity contribution in [3.63, 3.8) is 0 Å². The van der Waals surface area contributed by atoms with Crippen molar-refractivity contribution >= 4 is 11.8 Å². The summed E-state index contributed by atoms with van der Waals surface area (Å²) in [4.78, 5) is 41.0. The summed E-state index contributed by atoms with van der Waals surface area (Å²) in [6.45, 7) is 2.06. The second-order valence-corrected chi connectivity index (χ2v) is 9.06. The van der Waals surface area contributed by atoms with Gasteiger partial charge < -0.3 is 14.8 Å². The molecule has 176 valence electrons. The molecule has 0 spiro atoms. The normalized spacial score (nSPS) is 14.0. The van der Waals surface area contributed by atoms with Crippen molar-refractivity contribution in [1.82, 2.24) is 14.8 Å². The topological polar surface area (TPSA) is 71.4 Å². The van der Waals surface area contributed by atoms with Gasteiger partial charge in [0.15, 0.2) is 0 Å². The van der Waals surface area contributed by atoms with Gasteiger partial charge in [-0.05, 0) is 42.9 Å². The maximum Gasteiger partial charge on any atom is 0.256 e. The van der Waals surface area contributed by atoms with Crippen LogP contribution in [0.2, 0.25) is 0 Å². The predicted octanol–water partition coefficient (Wildman–Crippen LogP) is 3.49. The number of carbonyl (C=O) groups is 2. The molecule has 1 aliphatic rings. The fourth-order valence-electron chi connectivity index (χ4n) is 4.62. The lowest BCUT2D eigenvalue weighted by Gasteiger charge is -2.34. The van der Waals surface area contributed by atoms with Gasteiger partial charge in [-0.2, -0.15) is 0 Å². The highest BCUT2D eigenvalue weighted by molar-refractivity contribution is 5.97. The van der Waals surface area contributed by atoms with Crippen molar-refractivity contribution in [3.8, 4) is 0 Å². The van der Waals surface area contributed by atoms with Crippen LogP contribution >= 0.6 is 0 Å². The lowest BCUT2D eigenvalue weighted by Crippen LogP contribution is -2.51. The molecule has 2 amide bonds.